The minimum absolute atomic E-state index is 0.0938. The fourth-order valence-corrected chi connectivity index (χ4v) is 3.73. The van der Waals surface area contributed by atoms with E-state index >= 15 is 0 Å². The lowest BCUT2D eigenvalue weighted by Gasteiger charge is -2.35. The van der Waals surface area contributed by atoms with E-state index in [-0.39, 0.29) is 18.7 Å². The molecule has 2 aromatic rings. The molecule has 13 heteroatoms. The van der Waals surface area contributed by atoms with Crippen LogP contribution >= 0.6 is 11.6 Å². The lowest BCUT2D eigenvalue weighted by molar-refractivity contribution is -0.274. The smallest absolute Gasteiger partial charge is 0.573 e. The summed E-state index contributed by atoms with van der Waals surface area (Å²) in [6, 6.07) is 7.45. The molecule has 1 aliphatic heterocycles. The van der Waals surface area contributed by atoms with E-state index in [0.29, 0.717) is 30.2 Å². The van der Waals surface area contributed by atoms with Crippen molar-refractivity contribution in [1.29, 1.82) is 0 Å². The molecule has 0 bridgehead atoms. The first-order valence-corrected chi connectivity index (χ1v) is 10.7. The van der Waals surface area contributed by atoms with E-state index in [4.69, 9.17) is 11.6 Å². The fraction of sp³-hybridized carbons (Fsp3) is 0.316. The highest BCUT2D eigenvalue weighted by atomic mass is 35.5. The summed E-state index contributed by atoms with van der Waals surface area (Å²) in [6.45, 7) is 1.71. The maximum absolute atomic E-state index is 14.0. The van der Waals surface area contributed by atoms with Crippen molar-refractivity contribution in [2.45, 2.75) is 12.9 Å². The predicted molar refractivity (Wildman–Crippen MR) is 108 cm³/mol. The van der Waals surface area contributed by atoms with Crippen LogP contribution < -0.4 is 9.46 Å². The summed E-state index contributed by atoms with van der Waals surface area (Å²) in [5, 5.41) is 0.290. The third kappa shape index (κ3) is 6.55. The molecule has 174 valence electrons. The number of ether oxygens (including phenoxy) is 1. The summed E-state index contributed by atoms with van der Waals surface area (Å²) in [6.07, 6.45) is -5.08. The second-order valence-electron chi connectivity index (χ2n) is 6.90. The Hall–Kier alpha value is -2.41. The number of anilines is 1. The number of hydrogen-bond acceptors (Lipinski definition) is 5. The van der Waals surface area contributed by atoms with E-state index < -0.39 is 40.8 Å². The molecule has 0 aromatic heterocycles. The zero-order valence-corrected chi connectivity index (χ0v) is 17.9. The van der Waals surface area contributed by atoms with Crippen LogP contribution in [-0.2, 0) is 17.8 Å². The molecule has 0 aliphatic carbocycles. The van der Waals surface area contributed by atoms with Gasteiger partial charge in [0.15, 0.2) is 5.75 Å². The van der Waals surface area contributed by atoms with Gasteiger partial charge in [0.1, 0.15) is 5.82 Å². The number of amides is 1. The quantitative estimate of drug-likeness (QED) is 0.490. The van der Waals surface area contributed by atoms with Gasteiger partial charge in [-0.05, 0) is 30.3 Å². The normalized spacial score (nSPS) is 16.0. The Balaban J connectivity index is 1.67. The second-order valence-corrected chi connectivity index (χ2v) is 8.01. The van der Waals surface area contributed by atoms with Gasteiger partial charge in [-0.2, -0.15) is 0 Å². The number of nitrogens with one attached hydrogen (secondary N) is 1. The molecular formula is C19H17ClF4N3O4S-. The molecule has 32 heavy (non-hydrogen) atoms. The molecule has 1 saturated heterocycles. The molecule has 1 fully saturated rings. The summed E-state index contributed by atoms with van der Waals surface area (Å²) in [5.74, 6) is -1.81. The number of rotatable bonds is 6. The van der Waals surface area contributed by atoms with Crippen LogP contribution in [0.25, 0.3) is 0 Å². The Morgan fingerprint density at radius 1 is 1.16 bits per heavy atom. The average Bonchev–Trinajstić information content (AvgIpc) is 2.70. The summed E-state index contributed by atoms with van der Waals surface area (Å²) < 4.78 is 79.3. The van der Waals surface area contributed by atoms with Crippen LogP contribution in [0, 0.1) is 5.82 Å². The van der Waals surface area contributed by atoms with Gasteiger partial charge < -0.3 is 18.9 Å². The van der Waals surface area contributed by atoms with Gasteiger partial charge in [-0.15, -0.1) is 13.2 Å². The van der Waals surface area contributed by atoms with Crippen LogP contribution in [0.2, 0.25) is 5.02 Å². The van der Waals surface area contributed by atoms with Crippen LogP contribution in [0.1, 0.15) is 15.9 Å². The van der Waals surface area contributed by atoms with Crippen LogP contribution in [-0.4, -0.2) is 57.0 Å². The van der Waals surface area contributed by atoms with Gasteiger partial charge in [-0.1, -0.05) is 17.7 Å². The first-order valence-electron chi connectivity index (χ1n) is 9.23. The molecule has 1 N–H and O–H groups in total. The number of halogens is 5. The fourth-order valence-electron chi connectivity index (χ4n) is 3.22. The summed E-state index contributed by atoms with van der Waals surface area (Å²) in [5.41, 5.74) is -0.0901. The molecule has 7 nitrogen and oxygen atoms in total. The summed E-state index contributed by atoms with van der Waals surface area (Å²) in [4.78, 5) is 16.1. The standard InChI is InChI=1S/C19H18ClF4N3O4S/c20-14-3-1-13(15(21)10-14)11-26-5-7-27(8-6-26)18(28)12-2-4-16(25-32(29)30)17(9-12)31-19(22,23)24/h1-4,9-10,25H,5-8,11H2,(H,29,30)/p-1. The maximum atomic E-state index is 14.0. The van der Waals surface area contributed by atoms with Crippen molar-refractivity contribution in [3.8, 4) is 5.75 Å². The molecule has 1 aliphatic rings. The van der Waals surface area contributed by atoms with Crippen molar-refractivity contribution in [3.05, 3.63) is 58.4 Å². The van der Waals surface area contributed by atoms with Crippen molar-refractivity contribution in [2.24, 2.45) is 0 Å². The monoisotopic (exact) mass is 494 g/mol. The predicted octanol–water partition coefficient (Wildman–Crippen LogP) is 3.54. The molecule has 3 rings (SSSR count). The Kier molecular flexibility index (Phi) is 7.59. The van der Waals surface area contributed by atoms with Crippen molar-refractivity contribution in [2.75, 3.05) is 30.9 Å². The number of carbonyl (C=O) groups excluding carboxylic acids is 1. The highest BCUT2D eigenvalue weighted by molar-refractivity contribution is 7.80. The highest BCUT2D eigenvalue weighted by Crippen LogP contribution is 2.32. The van der Waals surface area contributed by atoms with E-state index in [1.54, 1.807) is 16.9 Å². The van der Waals surface area contributed by atoms with Crippen LogP contribution in [0.3, 0.4) is 0 Å². The van der Waals surface area contributed by atoms with Crippen LogP contribution in [0.15, 0.2) is 36.4 Å². The Morgan fingerprint density at radius 2 is 1.84 bits per heavy atom. The van der Waals surface area contributed by atoms with Gasteiger partial charge in [-0.3, -0.25) is 13.9 Å². The van der Waals surface area contributed by atoms with Crippen LogP contribution in [0.4, 0.5) is 23.2 Å². The van der Waals surface area contributed by atoms with Crippen molar-refractivity contribution >= 4 is 34.5 Å². The molecular weight excluding hydrogens is 478 g/mol. The molecule has 0 saturated carbocycles. The van der Waals surface area contributed by atoms with Gasteiger partial charge in [0.2, 0.25) is 0 Å². The molecule has 1 amide bonds. The third-order valence-corrected chi connectivity index (χ3v) is 5.34. The number of alkyl halides is 3. The number of nitrogens with zero attached hydrogens (tertiary/aromatic N) is 2. The number of piperazine rings is 1. The van der Waals surface area contributed by atoms with Gasteiger partial charge >= 0.3 is 6.36 Å². The lowest BCUT2D eigenvalue weighted by Crippen LogP contribution is -2.48. The second kappa shape index (κ2) is 10.0. The van der Waals surface area contributed by atoms with E-state index in [1.165, 1.54) is 17.0 Å². The molecule has 1 heterocycles. The Labute approximate surface area is 188 Å². The maximum Gasteiger partial charge on any atom is 0.573 e. The van der Waals surface area contributed by atoms with Crippen molar-refractivity contribution in [3.63, 3.8) is 0 Å². The molecule has 1 atom stereocenters. The molecule has 2 aromatic carbocycles. The van der Waals surface area contributed by atoms with E-state index in [1.807, 2.05) is 4.90 Å². The van der Waals surface area contributed by atoms with E-state index in [2.05, 4.69) is 4.74 Å². The van der Waals surface area contributed by atoms with Gasteiger partial charge in [0.05, 0.1) is 5.69 Å². The summed E-state index contributed by atoms with van der Waals surface area (Å²) >= 11 is 2.87. The summed E-state index contributed by atoms with van der Waals surface area (Å²) in [7, 11) is 0. The van der Waals surface area contributed by atoms with Gasteiger partial charge in [-0.25, -0.2) is 4.39 Å². The van der Waals surface area contributed by atoms with E-state index in [0.717, 1.165) is 12.1 Å². The minimum atomic E-state index is -5.08. The zero-order valence-electron chi connectivity index (χ0n) is 16.3. The number of benzene rings is 2. The largest absolute Gasteiger partial charge is 0.755 e. The number of hydrogen-bond donors (Lipinski definition) is 1. The Bertz CT molecular complexity index is 1020. The van der Waals surface area contributed by atoms with Gasteiger partial charge in [0.25, 0.3) is 5.91 Å². The van der Waals surface area contributed by atoms with Crippen molar-refractivity contribution < 1.29 is 35.9 Å². The molecule has 0 radical (unpaired) electrons. The van der Waals surface area contributed by atoms with E-state index in [9.17, 15) is 31.1 Å². The lowest BCUT2D eigenvalue weighted by atomic mass is 10.1. The van der Waals surface area contributed by atoms with Crippen molar-refractivity contribution in [1.82, 2.24) is 9.80 Å². The molecule has 1 unspecified atom stereocenters. The first kappa shape index (κ1) is 24.2. The minimum Gasteiger partial charge on any atom is -0.755 e. The van der Waals surface area contributed by atoms with Crippen LogP contribution in [0.5, 0.6) is 5.75 Å². The average molecular weight is 495 g/mol. The SMILES string of the molecule is O=C(c1ccc(NS(=O)[O-])c(OC(F)(F)F)c1)N1CCN(Cc2ccc(Cl)cc2F)CC1. The zero-order chi connectivity index (χ0) is 23.5. The molecule has 0 spiro atoms. The number of carbonyl (C=O) groups is 1. The first-order chi connectivity index (χ1) is 15.0. The third-order valence-electron chi connectivity index (χ3n) is 4.72. The highest BCUT2D eigenvalue weighted by Gasteiger charge is 2.33. The Morgan fingerprint density at radius 3 is 2.44 bits per heavy atom. The topological polar surface area (TPSA) is 84.9 Å². The van der Waals surface area contributed by atoms with Gasteiger partial charge in [0, 0.05) is 60.1 Å².